The maximum absolute atomic E-state index is 13.0. The number of fused-ring (bicyclic) bond motifs is 1. The molecule has 2 aromatic carbocycles. The van der Waals surface area contributed by atoms with E-state index >= 15 is 0 Å². The third kappa shape index (κ3) is 6.57. The number of carboxylic acids is 1. The Labute approximate surface area is 218 Å². The first-order chi connectivity index (χ1) is 18.2. The number of anilines is 1. The Morgan fingerprint density at radius 1 is 1.15 bits per heavy atom. The van der Waals surface area contributed by atoms with Gasteiger partial charge in [0, 0.05) is 24.2 Å². The summed E-state index contributed by atoms with van der Waals surface area (Å²) in [6, 6.07) is 9.65. The van der Waals surface area contributed by atoms with Gasteiger partial charge in [-0.3, -0.25) is 4.79 Å². The van der Waals surface area contributed by atoms with Gasteiger partial charge in [0.25, 0.3) is 6.08 Å². The molecule has 39 heavy (non-hydrogen) atoms. The standard InChI is InChI=1S/C23H23F2N5O2.C2HF3O2/c1-13-8-16(9-15-6-7-20(31)28-21(13)15)18-4-3-5-19(14(18)2)29-12-27-30(23(29)32)11-17(10-26)22(24)25;3-2(4,5)1(6)7/h3-5,8-9,12H,6-7,10-11,26H2,1-2H3,(H,28,31);(H,6,7). The molecule has 0 atom stereocenters. The van der Waals surface area contributed by atoms with Gasteiger partial charge in [-0.1, -0.05) is 12.1 Å². The quantitative estimate of drug-likeness (QED) is 0.410. The second-order valence-corrected chi connectivity index (χ2v) is 8.64. The summed E-state index contributed by atoms with van der Waals surface area (Å²) in [5.41, 5.74) is 10.8. The highest BCUT2D eigenvalue weighted by Crippen LogP contribution is 2.34. The van der Waals surface area contributed by atoms with Gasteiger partial charge in [0.15, 0.2) is 0 Å². The van der Waals surface area contributed by atoms with E-state index in [1.807, 2.05) is 32.0 Å². The number of carboxylic acid groups (broad SMARTS) is 1. The van der Waals surface area contributed by atoms with Crippen molar-refractivity contribution >= 4 is 17.6 Å². The number of benzene rings is 2. The van der Waals surface area contributed by atoms with Gasteiger partial charge in [0.2, 0.25) is 5.91 Å². The van der Waals surface area contributed by atoms with Crippen LogP contribution in [0.2, 0.25) is 0 Å². The third-order valence-corrected chi connectivity index (χ3v) is 6.01. The Bertz CT molecular complexity index is 1500. The number of aryl methyl sites for hydroxylation is 2. The molecule has 0 fully saturated rings. The molecule has 1 amide bonds. The first kappa shape index (κ1) is 29.2. The maximum atomic E-state index is 13.0. The van der Waals surface area contributed by atoms with Crippen molar-refractivity contribution in [3.05, 3.63) is 75.5 Å². The van der Waals surface area contributed by atoms with Crippen molar-refractivity contribution in [3.63, 3.8) is 0 Å². The SMILES string of the molecule is Cc1cc(-c2cccc(-n3cnn(CC(CN)=C(F)F)c3=O)c2C)cc2c1NC(=O)CC2.O=C(O)C(F)(F)F. The average molecular weight is 553 g/mol. The smallest absolute Gasteiger partial charge is 0.475 e. The van der Waals surface area contributed by atoms with Crippen LogP contribution in [0, 0.1) is 13.8 Å². The first-order valence-electron chi connectivity index (χ1n) is 11.5. The first-order valence-corrected chi connectivity index (χ1v) is 11.5. The zero-order valence-corrected chi connectivity index (χ0v) is 20.8. The highest BCUT2D eigenvalue weighted by atomic mass is 19.4. The Morgan fingerprint density at radius 2 is 1.82 bits per heavy atom. The Morgan fingerprint density at radius 3 is 2.41 bits per heavy atom. The van der Waals surface area contributed by atoms with Crippen LogP contribution in [0.15, 0.2) is 53.1 Å². The van der Waals surface area contributed by atoms with Gasteiger partial charge in [-0.25, -0.2) is 18.8 Å². The second kappa shape index (κ2) is 11.6. The van der Waals surface area contributed by atoms with E-state index < -0.39 is 23.9 Å². The molecule has 2 heterocycles. The fraction of sp³-hybridized carbons (Fsp3) is 0.280. The largest absolute Gasteiger partial charge is 0.490 e. The van der Waals surface area contributed by atoms with Gasteiger partial charge in [0.1, 0.15) is 6.33 Å². The van der Waals surface area contributed by atoms with Crippen LogP contribution in [-0.2, 0) is 22.6 Å². The number of nitrogens with one attached hydrogen (secondary N) is 1. The zero-order chi connectivity index (χ0) is 29.1. The van der Waals surface area contributed by atoms with Gasteiger partial charge in [0.05, 0.1) is 12.2 Å². The van der Waals surface area contributed by atoms with Crippen LogP contribution in [0.4, 0.5) is 27.6 Å². The molecule has 0 bridgehead atoms. The summed E-state index contributed by atoms with van der Waals surface area (Å²) >= 11 is 0. The van der Waals surface area contributed by atoms with E-state index in [0.29, 0.717) is 18.5 Å². The van der Waals surface area contributed by atoms with Crippen LogP contribution in [0.3, 0.4) is 0 Å². The number of carbonyl (C=O) groups excluding carboxylic acids is 1. The van der Waals surface area contributed by atoms with Crippen LogP contribution < -0.4 is 16.7 Å². The number of carbonyl (C=O) groups is 2. The summed E-state index contributed by atoms with van der Waals surface area (Å²) in [5, 5.41) is 14.0. The van der Waals surface area contributed by atoms with E-state index in [4.69, 9.17) is 15.6 Å². The van der Waals surface area contributed by atoms with Crippen molar-refractivity contribution in [2.24, 2.45) is 5.73 Å². The molecule has 3 aromatic rings. The molecular formula is C25H24F5N5O4. The molecule has 1 aliphatic rings. The molecule has 14 heteroatoms. The molecule has 4 N–H and O–H groups in total. The minimum atomic E-state index is -5.08. The summed E-state index contributed by atoms with van der Waals surface area (Å²) < 4.78 is 60.0. The number of alkyl halides is 3. The number of halogens is 5. The highest BCUT2D eigenvalue weighted by Gasteiger charge is 2.38. The van der Waals surface area contributed by atoms with Crippen LogP contribution in [0.25, 0.3) is 16.8 Å². The highest BCUT2D eigenvalue weighted by molar-refractivity contribution is 5.95. The summed E-state index contributed by atoms with van der Waals surface area (Å²) in [6.07, 6.45) is -4.54. The topological polar surface area (TPSA) is 132 Å². The van der Waals surface area contributed by atoms with Gasteiger partial charge in [-0.15, -0.1) is 0 Å². The van der Waals surface area contributed by atoms with Crippen LogP contribution in [0.5, 0.6) is 0 Å². The zero-order valence-electron chi connectivity index (χ0n) is 20.8. The minimum absolute atomic E-state index is 0.0168. The van der Waals surface area contributed by atoms with Crippen molar-refractivity contribution in [2.75, 3.05) is 11.9 Å². The van der Waals surface area contributed by atoms with E-state index in [9.17, 15) is 31.5 Å². The molecule has 9 nitrogen and oxygen atoms in total. The molecule has 0 spiro atoms. The summed E-state index contributed by atoms with van der Waals surface area (Å²) in [5.74, 6) is -2.74. The molecule has 1 aromatic heterocycles. The number of hydrogen-bond donors (Lipinski definition) is 3. The van der Waals surface area contributed by atoms with Gasteiger partial charge < -0.3 is 16.2 Å². The van der Waals surface area contributed by atoms with Crippen LogP contribution >= 0.6 is 0 Å². The maximum Gasteiger partial charge on any atom is 0.490 e. The van der Waals surface area contributed by atoms with Crippen molar-refractivity contribution in [1.29, 1.82) is 0 Å². The summed E-state index contributed by atoms with van der Waals surface area (Å²) in [7, 11) is 0. The number of rotatable bonds is 5. The average Bonchev–Trinajstić information content (AvgIpc) is 3.22. The second-order valence-electron chi connectivity index (χ2n) is 8.64. The molecule has 0 saturated carbocycles. The lowest BCUT2D eigenvalue weighted by Gasteiger charge is -2.21. The number of amides is 1. The van der Waals surface area contributed by atoms with E-state index in [2.05, 4.69) is 16.5 Å². The van der Waals surface area contributed by atoms with Crippen molar-refractivity contribution in [2.45, 2.75) is 39.4 Å². The molecule has 0 unspecified atom stereocenters. The number of aromatic nitrogens is 3. The molecule has 208 valence electrons. The number of aliphatic carboxylic acids is 1. The van der Waals surface area contributed by atoms with Crippen molar-refractivity contribution < 1.29 is 36.6 Å². The van der Waals surface area contributed by atoms with E-state index in [0.717, 1.165) is 38.2 Å². The number of nitrogens with zero attached hydrogens (tertiary/aromatic N) is 3. The Hall–Kier alpha value is -4.33. The third-order valence-electron chi connectivity index (χ3n) is 6.01. The lowest BCUT2D eigenvalue weighted by molar-refractivity contribution is -0.192. The molecule has 0 saturated heterocycles. The van der Waals surface area contributed by atoms with E-state index in [1.165, 1.54) is 10.9 Å². The normalized spacial score (nSPS) is 12.7. The predicted molar refractivity (Wildman–Crippen MR) is 132 cm³/mol. The van der Waals surface area contributed by atoms with Crippen molar-refractivity contribution in [3.8, 4) is 16.8 Å². The number of nitrogens with two attached hydrogens (primary N) is 1. The fourth-order valence-corrected chi connectivity index (χ4v) is 4.03. The summed E-state index contributed by atoms with van der Waals surface area (Å²) in [6.45, 7) is 3.14. The van der Waals surface area contributed by atoms with Crippen LogP contribution in [-0.4, -0.2) is 44.1 Å². The van der Waals surface area contributed by atoms with E-state index in [1.54, 1.807) is 6.07 Å². The fourth-order valence-electron chi connectivity index (χ4n) is 4.03. The minimum Gasteiger partial charge on any atom is -0.475 e. The Kier molecular flexibility index (Phi) is 8.69. The molecule has 4 rings (SSSR count). The number of hydrogen-bond acceptors (Lipinski definition) is 5. The molecule has 0 aliphatic carbocycles. The predicted octanol–water partition coefficient (Wildman–Crippen LogP) is 3.95. The Balaban J connectivity index is 0.000000532. The van der Waals surface area contributed by atoms with Crippen LogP contribution in [0.1, 0.15) is 23.1 Å². The molecule has 1 aliphatic heterocycles. The summed E-state index contributed by atoms with van der Waals surface area (Å²) in [4.78, 5) is 33.5. The van der Waals surface area contributed by atoms with Gasteiger partial charge >= 0.3 is 17.8 Å². The molecule has 0 radical (unpaired) electrons. The van der Waals surface area contributed by atoms with Crippen molar-refractivity contribution in [1.82, 2.24) is 14.3 Å². The van der Waals surface area contributed by atoms with Gasteiger partial charge in [-0.2, -0.15) is 27.1 Å². The monoisotopic (exact) mass is 553 g/mol. The lowest BCUT2D eigenvalue weighted by Crippen LogP contribution is -2.26. The van der Waals surface area contributed by atoms with E-state index in [-0.39, 0.29) is 24.6 Å². The van der Waals surface area contributed by atoms with Gasteiger partial charge in [-0.05, 0) is 66.3 Å². The lowest BCUT2D eigenvalue weighted by atomic mass is 9.91. The molecular weight excluding hydrogens is 529 g/mol.